The van der Waals surface area contributed by atoms with Gasteiger partial charge in [0.05, 0.1) is 0 Å². The van der Waals surface area contributed by atoms with Gasteiger partial charge in [-0.1, -0.05) is 15.9 Å². The van der Waals surface area contributed by atoms with Crippen LogP contribution in [0.1, 0.15) is 16.8 Å². The average Bonchev–Trinajstić information content (AvgIpc) is 2.21. The zero-order chi connectivity index (χ0) is 12.1. The number of nitrogens with one attached hydrogen (secondary N) is 1. The Labute approximate surface area is 100 Å². The highest BCUT2D eigenvalue weighted by atomic mass is 79.9. The van der Waals surface area contributed by atoms with Gasteiger partial charge in [-0.3, -0.25) is 4.79 Å². The molecule has 1 amide bonds. The topological polar surface area (TPSA) is 86.6 Å². The first-order valence-electron chi connectivity index (χ1n) is 4.46. The number of carboxylic acids is 1. The normalized spacial score (nSPS) is 9.81. The van der Waals surface area contributed by atoms with Gasteiger partial charge >= 0.3 is 5.97 Å². The average molecular weight is 288 g/mol. The summed E-state index contributed by atoms with van der Waals surface area (Å²) in [6.45, 7) is 0. The molecule has 0 unspecified atom stereocenters. The summed E-state index contributed by atoms with van der Waals surface area (Å²) in [6, 6.07) is 3.88. The van der Waals surface area contributed by atoms with Crippen molar-refractivity contribution < 1.29 is 19.8 Å². The summed E-state index contributed by atoms with van der Waals surface area (Å²) in [4.78, 5) is 21.9. The number of phenols is 1. The van der Waals surface area contributed by atoms with Crippen LogP contribution in [0.25, 0.3) is 0 Å². The molecule has 86 valence electrons. The van der Waals surface area contributed by atoms with E-state index in [9.17, 15) is 14.7 Å². The molecule has 0 fully saturated rings. The molecule has 0 aromatic heterocycles. The van der Waals surface area contributed by atoms with Gasteiger partial charge in [-0.05, 0) is 18.2 Å². The summed E-state index contributed by atoms with van der Waals surface area (Å²) in [5, 5.41) is 21.0. The van der Waals surface area contributed by atoms with Crippen molar-refractivity contribution >= 4 is 33.5 Å². The van der Waals surface area contributed by atoms with Crippen LogP contribution in [0.15, 0.2) is 18.2 Å². The lowest BCUT2D eigenvalue weighted by atomic mass is 10.2. The van der Waals surface area contributed by atoms with Crippen molar-refractivity contribution in [2.24, 2.45) is 0 Å². The molecule has 0 aliphatic heterocycles. The molecule has 0 aliphatic carbocycles. The predicted octanol–water partition coefficient (Wildman–Crippen LogP) is 1.81. The second-order valence-electron chi connectivity index (χ2n) is 3.02. The van der Waals surface area contributed by atoms with Crippen molar-refractivity contribution in [2.75, 3.05) is 10.6 Å². The first kappa shape index (κ1) is 12.5. The number of halogens is 1. The van der Waals surface area contributed by atoms with Gasteiger partial charge in [0.1, 0.15) is 11.3 Å². The third-order valence-electron chi connectivity index (χ3n) is 1.83. The third-order valence-corrected chi connectivity index (χ3v) is 2.23. The van der Waals surface area contributed by atoms with E-state index < -0.39 is 5.97 Å². The molecule has 0 atom stereocenters. The van der Waals surface area contributed by atoms with Gasteiger partial charge < -0.3 is 15.5 Å². The van der Waals surface area contributed by atoms with Crippen LogP contribution in [-0.2, 0) is 4.79 Å². The lowest BCUT2D eigenvalue weighted by molar-refractivity contribution is -0.115. The number of rotatable bonds is 4. The Morgan fingerprint density at radius 2 is 2.06 bits per heavy atom. The third kappa shape index (κ3) is 3.23. The molecular formula is C10H10BrNO4. The van der Waals surface area contributed by atoms with Gasteiger partial charge in [0.2, 0.25) is 5.91 Å². The smallest absolute Gasteiger partial charge is 0.339 e. The SMILES string of the molecule is O=C(CCBr)Nc1ccc(O)c(C(=O)O)c1. The number of carbonyl (C=O) groups excluding carboxylic acids is 1. The van der Waals surface area contributed by atoms with E-state index in [2.05, 4.69) is 21.2 Å². The molecule has 1 aromatic rings. The molecule has 0 radical (unpaired) electrons. The summed E-state index contributed by atoms with van der Waals surface area (Å²) in [7, 11) is 0. The molecule has 6 heteroatoms. The van der Waals surface area contributed by atoms with Crippen molar-refractivity contribution in [1.82, 2.24) is 0 Å². The van der Waals surface area contributed by atoms with Crippen molar-refractivity contribution in [3.05, 3.63) is 23.8 Å². The van der Waals surface area contributed by atoms with Crippen LogP contribution in [0.5, 0.6) is 5.75 Å². The van der Waals surface area contributed by atoms with Gasteiger partial charge in [-0.2, -0.15) is 0 Å². The van der Waals surface area contributed by atoms with E-state index in [4.69, 9.17) is 5.11 Å². The first-order chi connectivity index (χ1) is 7.54. The Morgan fingerprint density at radius 1 is 1.38 bits per heavy atom. The lowest BCUT2D eigenvalue weighted by Gasteiger charge is -2.06. The molecule has 1 aromatic carbocycles. The van der Waals surface area contributed by atoms with Gasteiger partial charge in [0.25, 0.3) is 0 Å². The number of carbonyl (C=O) groups is 2. The van der Waals surface area contributed by atoms with Crippen LogP contribution in [-0.4, -0.2) is 27.4 Å². The summed E-state index contributed by atoms with van der Waals surface area (Å²) in [5.41, 5.74) is 0.109. The van der Waals surface area contributed by atoms with Crippen molar-refractivity contribution in [3.63, 3.8) is 0 Å². The minimum atomic E-state index is -1.24. The van der Waals surface area contributed by atoms with Gasteiger partial charge in [0, 0.05) is 17.4 Å². The van der Waals surface area contributed by atoms with Crippen molar-refractivity contribution in [1.29, 1.82) is 0 Å². The Hall–Kier alpha value is -1.56. The van der Waals surface area contributed by atoms with Crippen LogP contribution in [0.3, 0.4) is 0 Å². The van der Waals surface area contributed by atoms with E-state index in [0.717, 1.165) is 0 Å². The van der Waals surface area contributed by atoms with Gasteiger partial charge in [-0.15, -0.1) is 0 Å². The highest BCUT2D eigenvalue weighted by molar-refractivity contribution is 9.09. The number of carboxylic acid groups (broad SMARTS) is 1. The van der Waals surface area contributed by atoms with Gasteiger partial charge in [-0.25, -0.2) is 4.79 Å². The first-order valence-corrected chi connectivity index (χ1v) is 5.59. The second kappa shape index (κ2) is 5.50. The highest BCUT2D eigenvalue weighted by Crippen LogP contribution is 2.21. The van der Waals surface area contributed by atoms with E-state index in [0.29, 0.717) is 17.4 Å². The largest absolute Gasteiger partial charge is 0.507 e. The molecule has 0 spiro atoms. The number of aromatic hydroxyl groups is 1. The van der Waals surface area contributed by atoms with Crippen LogP contribution < -0.4 is 5.32 Å². The molecule has 1 rings (SSSR count). The zero-order valence-corrected chi connectivity index (χ0v) is 9.82. The maximum atomic E-state index is 11.2. The van der Waals surface area contributed by atoms with E-state index in [1.807, 2.05) is 0 Å². The van der Waals surface area contributed by atoms with E-state index in [1.165, 1.54) is 18.2 Å². The van der Waals surface area contributed by atoms with E-state index in [1.54, 1.807) is 0 Å². The number of aromatic carboxylic acids is 1. The number of benzene rings is 1. The zero-order valence-electron chi connectivity index (χ0n) is 8.24. The van der Waals surface area contributed by atoms with Crippen LogP contribution in [0, 0.1) is 0 Å². The lowest BCUT2D eigenvalue weighted by Crippen LogP contribution is -2.12. The minimum Gasteiger partial charge on any atom is -0.507 e. The van der Waals surface area contributed by atoms with Crippen molar-refractivity contribution in [2.45, 2.75) is 6.42 Å². The fourth-order valence-corrected chi connectivity index (χ4v) is 1.45. The Kier molecular flexibility index (Phi) is 4.30. The maximum absolute atomic E-state index is 11.2. The Bertz CT molecular complexity index is 419. The Balaban J connectivity index is 2.87. The summed E-state index contributed by atoms with van der Waals surface area (Å²) >= 11 is 3.12. The van der Waals surface area contributed by atoms with Crippen LogP contribution in [0.4, 0.5) is 5.69 Å². The molecule has 5 nitrogen and oxygen atoms in total. The standard InChI is InChI=1S/C10H10BrNO4/c11-4-3-9(14)12-6-1-2-8(13)7(5-6)10(15)16/h1-2,5,13H,3-4H2,(H,12,14)(H,15,16). The van der Waals surface area contributed by atoms with Crippen LogP contribution in [0.2, 0.25) is 0 Å². The number of hydrogen-bond acceptors (Lipinski definition) is 3. The van der Waals surface area contributed by atoms with Crippen LogP contribution >= 0.6 is 15.9 Å². The van der Waals surface area contributed by atoms with E-state index >= 15 is 0 Å². The second-order valence-corrected chi connectivity index (χ2v) is 3.82. The molecule has 0 heterocycles. The monoisotopic (exact) mass is 287 g/mol. The summed E-state index contributed by atoms with van der Waals surface area (Å²) in [6.07, 6.45) is 0.295. The van der Waals surface area contributed by atoms with Crippen molar-refractivity contribution in [3.8, 4) is 5.75 Å². The molecular weight excluding hydrogens is 278 g/mol. The molecule has 0 aliphatic rings. The maximum Gasteiger partial charge on any atom is 0.339 e. The predicted molar refractivity (Wildman–Crippen MR) is 62.1 cm³/mol. The summed E-state index contributed by atoms with van der Waals surface area (Å²) in [5.74, 6) is -1.79. The summed E-state index contributed by atoms with van der Waals surface area (Å²) < 4.78 is 0. The number of amides is 1. The molecule has 0 saturated carbocycles. The van der Waals surface area contributed by atoms with Gasteiger partial charge in [0.15, 0.2) is 0 Å². The molecule has 0 bridgehead atoms. The molecule has 3 N–H and O–H groups in total. The van der Waals surface area contributed by atoms with E-state index in [-0.39, 0.29) is 17.2 Å². The minimum absolute atomic E-state index is 0.223. The highest BCUT2D eigenvalue weighted by Gasteiger charge is 2.11. The number of anilines is 1. The quantitative estimate of drug-likeness (QED) is 0.582. The fourth-order valence-electron chi connectivity index (χ4n) is 1.09. The molecule has 16 heavy (non-hydrogen) atoms. The number of hydrogen-bond donors (Lipinski definition) is 3. The molecule has 0 saturated heterocycles. The number of alkyl halides is 1. The Morgan fingerprint density at radius 3 is 2.62 bits per heavy atom. The fraction of sp³-hybridized carbons (Fsp3) is 0.200.